The lowest BCUT2D eigenvalue weighted by Gasteiger charge is -2.44. The van der Waals surface area contributed by atoms with Gasteiger partial charge in [0.15, 0.2) is 0 Å². The van der Waals surface area contributed by atoms with Gasteiger partial charge in [-0.25, -0.2) is 0 Å². The van der Waals surface area contributed by atoms with Crippen molar-refractivity contribution in [2.75, 3.05) is 13.2 Å². The van der Waals surface area contributed by atoms with E-state index in [-0.39, 0.29) is 12.3 Å². The van der Waals surface area contributed by atoms with Crippen LogP contribution in [0.2, 0.25) is 0 Å². The van der Waals surface area contributed by atoms with Crippen molar-refractivity contribution in [3.05, 3.63) is 0 Å². The molecule has 2 aliphatic carbocycles. The lowest BCUT2D eigenvalue weighted by Crippen LogP contribution is -2.62. The van der Waals surface area contributed by atoms with Crippen molar-refractivity contribution in [1.82, 2.24) is 0 Å². The van der Waals surface area contributed by atoms with Crippen molar-refractivity contribution in [3.8, 4) is 0 Å². The molecule has 0 heterocycles. The van der Waals surface area contributed by atoms with E-state index in [1.54, 1.807) is 13.8 Å². The molecular formula is C21H32F6O4. The van der Waals surface area contributed by atoms with Crippen molar-refractivity contribution < 1.29 is 45.7 Å². The summed E-state index contributed by atoms with van der Waals surface area (Å²) in [7, 11) is 0. The number of rotatable bonds is 9. The zero-order chi connectivity index (χ0) is 23.9. The smallest absolute Gasteiger partial charge is 0.426 e. The summed E-state index contributed by atoms with van der Waals surface area (Å²) in [6.07, 6.45) is -9.76. The Morgan fingerprint density at radius 1 is 1.00 bits per heavy atom. The average molecular weight is 462 g/mol. The Morgan fingerprint density at radius 2 is 1.58 bits per heavy atom. The van der Waals surface area contributed by atoms with Crippen LogP contribution in [0.3, 0.4) is 0 Å². The first-order chi connectivity index (χ1) is 14.0. The molecule has 182 valence electrons. The molecule has 0 aromatic heterocycles. The van der Waals surface area contributed by atoms with Crippen LogP contribution in [0.15, 0.2) is 0 Å². The molecule has 2 aliphatic rings. The third-order valence-corrected chi connectivity index (χ3v) is 7.25. The second kappa shape index (κ2) is 8.72. The summed E-state index contributed by atoms with van der Waals surface area (Å²) in [5, 5.41) is 8.80. The molecule has 4 unspecified atom stereocenters. The second-order valence-electron chi connectivity index (χ2n) is 9.76. The summed E-state index contributed by atoms with van der Waals surface area (Å²) in [6, 6.07) is 0. The highest BCUT2D eigenvalue weighted by Crippen LogP contribution is 2.55. The summed E-state index contributed by atoms with van der Waals surface area (Å²) >= 11 is 0. The normalized spacial score (nSPS) is 26.7. The van der Waals surface area contributed by atoms with Gasteiger partial charge in [-0.2, -0.15) is 26.3 Å². The summed E-state index contributed by atoms with van der Waals surface area (Å²) < 4.78 is 92.2. The highest BCUT2D eigenvalue weighted by Gasteiger charge is 2.74. The minimum atomic E-state index is -5.85. The molecule has 0 spiro atoms. The van der Waals surface area contributed by atoms with Crippen molar-refractivity contribution in [2.45, 2.75) is 89.8 Å². The van der Waals surface area contributed by atoms with Gasteiger partial charge in [0.2, 0.25) is 0 Å². The van der Waals surface area contributed by atoms with E-state index >= 15 is 0 Å². The van der Waals surface area contributed by atoms with Crippen molar-refractivity contribution in [1.29, 1.82) is 0 Å². The summed E-state index contributed by atoms with van der Waals surface area (Å²) in [6.45, 7) is 3.53. The molecule has 0 aromatic carbocycles. The van der Waals surface area contributed by atoms with Gasteiger partial charge < -0.3 is 14.6 Å². The molecule has 2 saturated carbocycles. The van der Waals surface area contributed by atoms with Gasteiger partial charge in [-0.15, -0.1) is 0 Å². The number of carbonyl (C=O) groups excluding carboxylic acids is 1. The molecule has 0 aromatic rings. The summed E-state index contributed by atoms with van der Waals surface area (Å²) in [5.74, 6) is -0.205. The number of fused-ring (bicyclic) bond motifs is 2. The Morgan fingerprint density at radius 3 is 1.97 bits per heavy atom. The number of alkyl halides is 6. The Hall–Kier alpha value is -1.03. The van der Waals surface area contributed by atoms with Crippen LogP contribution < -0.4 is 0 Å². The lowest BCUT2D eigenvalue weighted by atomic mass is 9.74. The SMILES string of the molecule is CCC(C)(CC(OCCO)(C(F)(F)F)C(F)(F)F)C(=O)OC(C)(C)C1CC2CCC1C2. The Bertz CT molecular complexity index is 631. The topological polar surface area (TPSA) is 55.8 Å². The molecular weight excluding hydrogens is 430 g/mol. The van der Waals surface area contributed by atoms with Crippen molar-refractivity contribution in [3.63, 3.8) is 0 Å². The molecule has 0 saturated heterocycles. The molecule has 31 heavy (non-hydrogen) atoms. The number of ether oxygens (including phenoxy) is 2. The van der Waals surface area contributed by atoms with Crippen LogP contribution in [0.25, 0.3) is 0 Å². The largest absolute Gasteiger partial charge is 0.459 e. The zero-order valence-electron chi connectivity index (χ0n) is 18.3. The maximum Gasteiger partial charge on any atom is 0.426 e. The molecule has 0 amide bonds. The number of aliphatic hydroxyl groups excluding tert-OH is 1. The fourth-order valence-corrected chi connectivity index (χ4v) is 5.22. The highest BCUT2D eigenvalue weighted by atomic mass is 19.4. The Kier molecular flexibility index (Phi) is 7.38. The molecule has 10 heteroatoms. The zero-order valence-corrected chi connectivity index (χ0v) is 18.3. The number of hydrogen-bond acceptors (Lipinski definition) is 4. The molecule has 2 bridgehead atoms. The first-order valence-corrected chi connectivity index (χ1v) is 10.6. The molecule has 1 N–H and O–H groups in total. The van der Waals surface area contributed by atoms with Gasteiger partial charge in [0.25, 0.3) is 5.60 Å². The van der Waals surface area contributed by atoms with Crippen LogP contribution in [-0.2, 0) is 14.3 Å². The minimum Gasteiger partial charge on any atom is -0.459 e. The monoisotopic (exact) mass is 462 g/mol. The molecule has 4 atom stereocenters. The molecule has 0 aliphatic heterocycles. The number of hydrogen-bond donors (Lipinski definition) is 1. The second-order valence-corrected chi connectivity index (χ2v) is 9.76. The number of aliphatic hydroxyl groups is 1. The van der Waals surface area contributed by atoms with Crippen molar-refractivity contribution >= 4 is 5.97 Å². The maximum atomic E-state index is 13.7. The predicted molar refractivity (Wildman–Crippen MR) is 100 cm³/mol. The minimum absolute atomic E-state index is 0.0249. The van der Waals surface area contributed by atoms with Crippen LogP contribution >= 0.6 is 0 Å². The quantitative estimate of drug-likeness (QED) is 0.367. The van der Waals surface area contributed by atoms with E-state index in [0.29, 0.717) is 11.8 Å². The van der Waals surface area contributed by atoms with Gasteiger partial charge in [-0.05, 0) is 58.3 Å². The van der Waals surface area contributed by atoms with Crippen LogP contribution in [-0.4, -0.2) is 47.8 Å². The maximum absolute atomic E-state index is 13.7. The first kappa shape index (κ1) is 26.2. The van der Waals surface area contributed by atoms with E-state index in [9.17, 15) is 31.1 Å². The van der Waals surface area contributed by atoms with E-state index in [1.807, 2.05) is 0 Å². The van der Waals surface area contributed by atoms with Crippen molar-refractivity contribution in [2.24, 2.45) is 23.2 Å². The highest BCUT2D eigenvalue weighted by molar-refractivity contribution is 5.77. The number of carbonyl (C=O) groups is 1. The fraction of sp³-hybridized carbons (Fsp3) is 0.952. The van der Waals surface area contributed by atoms with E-state index in [2.05, 4.69) is 4.74 Å². The van der Waals surface area contributed by atoms with Gasteiger partial charge in [-0.1, -0.05) is 13.3 Å². The van der Waals surface area contributed by atoms with E-state index < -0.39 is 54.6 Å². The van der Waals surface area contributed by atoms with E-state index in [4.69, 9.17) is 9.84 Å². The van der Waals surface area contributed by atoms with Gasteiger partial charge >= 0.3 is 18.3 Å². The van der Waals surface area contributed by atoms with E-state index in [0.717, 1.165) is 32.6 Å². The average Bonchev–Trinajstić information content (AvgIpc) is 3.26. The van der Waals surface area contributed by atoms with Gasteiger partial charge in [0, 0.05) is 12.3 Å². The molecule has 2 fully saturated rings. The third-order valence-electron chi connectivity index (χ3n) is 7.25. The van der Waals surface area contributed by atoms with Crippen LogP contribution in [0.4, 0.5) is 26.3 Å². The first-order valence-electron chi connectivity index (χ1n) is 10.6. The number of halogens is 6. The Labute approximate surface area is 178 Å². The summed E-state index contributed by atoms with van der Waals surface area (Å²) in [5.41, 5.74) is -7.70. The van der Waals surface area contributed by atoms with Gasteiger partial charge in [0.1, 0.15) is 5.60 Å². The van der Waals surface area contributed by atoms with Crippen LogP contribution in [0.5, 0.6) is 0 Å². The predicted octanol–water partition coefficient (Wildman–Crippen LogP) is 5.42. The molecule has 4 nitrogen and oxygen atoms in total. The van der Waals surface area contributed by atoms with Crippen LogP contribution in [0.1, 0.15) is 66.2 Å². The van der Waals surface area contributed by atoms with E-state index in [1.165, 1.54) is 6.92 Å². The number of esters is 1. The third kappa shape index (κ3) is 4.99. The standard InChI is InChI=1S/C21H32F6O4/c1-5-18(4,12-19(20(22,23)24,21(25,26)27)30-9-8-28)16(29)31-17(2,3)15-11-13-6-7-14(15)10-13/h13-15,28H,5-12H2,1-4H3. The van der Waals surface area contributed by atoms with Gasteiger partial charge in [-0.3, -0.25) is 4.79 Å². The molecule has 2 rings (SSSR count). The molecule has 0 radical (unpaired) electrons. The van der Waals surface area contributed by atoms with Crippen LogP contribution in [0, 0.1) is 23.2 Å². The van der Waals surface area contributed by atoms with Gasteiger partial charge in [0.05, 0.1) is 18.6 Å². The summed E-state index contributed by atoms with van der Waals surface area (Å²) in [4.78, 5) is 13.0. The lowest BCUT2D eigenvalue weighted by molar-refractivity contribution is -0.388. The fourth-order valence-electron chi connectivity index (χ4n) is 5.22. The Balaban J connectivity index is 2.31.